The number of hydrogen-bond donors (Lipinski definition) is 0. The second-order valence-corrected chi connectivity index (χ2v) is 6.36. The van der Waals surface area contributed by atoms with Gasteiger partial charge in [-0.3, -0.25) is 4.79 Å². The average molecular weight is 329 g/mol. The first-order chi connectivity index (χ1) is 11.3. The summed E-state index contributed by atoms with van der Waals surface area (Å²) < 4.78 is 0. The van der Waals surface area contributed by atoms with Crippen LogP contribution in [0.1, 0.15) is 42.6 Å². The normalized spacial score (nSPS) is 15.8. The predicted octanol–water partition coefficient (Wildman–Crippen LogP) is 4.81. The zero-order valence-electron chi connectivity index (χ0n) is 13.2. The summed E-state index contributed by atoms with van der Waals surface area (Å²) >= 11 is 6.24. The zero-order chi connectivity index (χ0) is 16.1. The highest BCUT2D eigenvalue weighted by Crippen LogP contribution is 2.26. The van der Waals surface area contributed by atoms with Gasteiger partial charge in [-0.1, -0.05) is 55.1 Å². The number of aromatic nitrogens is 1. The molecule has 2 heterocycles. The van der Waals surface area contributed by atoms with E-state index in [0.29, 0.717) is 10.7 Å². The summed E-state index contributed by atoms with van der Waals surface area (Å²) in [6.45, 7) is 1.66. The van der Waals surface area contributed by atoms with Gasteiger partial charge >= 0.3 is 0 Å². The number of pyridine rings is 1. The molecule has 0 N–H and O–H groups in total. The van der Waals surface area contributed by atoms with Crippen LogP contribution in [0.15, 0.2) is 42.5 Å². The molecule has 1 aliphatic rings. The molecule has 0 radical (unpaired) electrons. The zero-order valence-corrected chi connectivity index (χ0v) is 13.9. The summed E-state index contributed by atoms with van der Waals surface area (Å²) in [4.78, 5) is 19.3. The molecule has 0 spiro atoms. The Kier molecular flexibility index (Phi) is 5.29. The molecule has 3 rings (SSSR count). The maximum atomic E-state index is 12.8. The summed E-state index contributed by atoms with van der Waals surface area (Å²) in [5.74, 6) is 0.0285. The highest BCUT2D eigenvalue weighted by atomic mass is 35.5. The lowest BCUT2D eigenvalue weighted by atomic mass is 10.1. The summed E-state index contributed by atoms with van der Waals surface area (Å²) in [5.41, 5.74) is 2.10. The van der Waals surface area contributed by atoms with Crippen molar-refractivity contribution in [1.82, 2.24) is 9.88 Å². The summed E-state index contributed by atoms with van der Waals surface area (Å²) in [6, 6.07) is 13.1. The van der Waals surface area contributed by atoms with E-state index in [1.165, 1.54) is 19.3 Å². The van der Waals surface area contributed by atoms with E-state index in [4.69, 9.17) is 11.6 Å². The van der Waals surface area contributed by atoms with Crippen LogP contribution in [0.2, 0.25) is 5.02 Å². The van der Waals surface area contributed by atoms with Crippen molar-refractivity contribution in [2.45, 2.75) is 32.1 Å². The number of carbonyl (C=O) groups excluding carboxylic acids is 1. The third-order valence-corrected chi connectivity index (χ3v) is 4.59. The standard InChI is InChI=1S/C19H21ClN2O/c20-16-10-5-4-9-15(16)17-11-8-12-18(21-17)19(23)22-13-6-2-1-3-7-14-22/h4-5,8-12H,1-3,6-7,13-14H2. The summed E-state index contributed by atoms with van der Waals surface area (Å²) in [5, 5.41) is 0.649. The van der Waals surface area contributed by atoms with Gasteiger partial charge in [0.05, 0.1) is 5.69 Å². The van der Waals surface area contributed by atoms with Crippen LogP contribution < -0.4 is 0 Å². The van der Waals surface area contributed by atoms with Gasteiger partial charge in [-0.15, -0.1) is 0 Å². The molecule has 0 bridgehead atoms. The molecule has 23 heavy (non-hydrogen) atoms. The predicted molar refractivity (Wildman–Crippen MR) is 93.7 cm³/mol. The van der Waals surface area contributed by atoms with Crippen LogP contribution in [-0.4, -0.2) is 28.9 Å². The van der Waals surface area contributed by atoms with Gasteiger partial charge in [0.2, 0.25) is 0 Å². The number of carbonyl (C=O) groups is 1. The van der Waals surface area contributed by atoms with Gasteiger partial charge in [0.25, 0.3) is 5.91 Å². The lowest BCUT2D eigenvalue weighted by molar-refractivity contribution is 0.0736. The Bertz CT molecular complexity index is 679. The molecule has 0 aliphatic carbocycles. The van der Waals surface area contributed by atoms with Crippen molar-refractivity contribution in [3.63, 3.8) is 0 Å². The fourth-order valence-corrected chi connectivity index (χ4v) is 3.22. The van der Waals surface area contributed by atoms with E-state index in [-0.39, 0.29) is 5.91 Å². The second kappa shape index (κ2) is 7.60. The number of rotatable bonds is 2. The van der Waals surface area contributed by atoms with E-state index in [1.807, 2.05) is 41.3 Å². The molecule has 2 aromatic rings. The van der Waals surface area contributed by atoms with Gasteiger partial charge in [-0.05, 0) is 31.0 Å². The Hall–Kier alpha value is -1.87. The SMILES string of the molecule is O=C(c1cccc(-c2ccccc2Cl)n1)N1CCCCCCC1. The van der Waals surface area contributed by atoms with Crippen molar-refractivity contribution in [1.29, 1.82) is 0 Å². The van der Waals surface area contributed by atoms with E-state index in [9.17, 15) is 4.79 Å². The fourth-order valence-electron chi connectivity index (χ4n) is 2.99. The van der Waals surface area contributed by atoms with Gasteiger partial charge in [0.15, 0.2) is 0 Å². The molecule has 0 unspecified atom stereocenters. The molecule has 1 fully saturated rings. The fraction of sp³-hybridized carbons (Fsp3) is 0.368. The van der Waals surface area contributed by atoms with Crippen molar-refractivity contribution in [3.8, 4) is 11.3 Å². The van der Waals surface area contributed by atoms with Crippen LogP contribution in [0.3, 0.4) is 0 Å². The molecule has 0 atom stereocenters. The van der Waals surface area contributed by atoms with E-state index in [0.717, 1.165) is 37.2 Å². The minimum Gasteiger partial charge on any atom is -0.337 e. The third-order valence-electron chi connectivity index (χ3n) is 4.26. The quantitative estimate of drug-likeness (QED) is 0.792. The Morgan fingerprint density at radius 3 is 2.35 bits per heavy atom. The number of halogens is 1. The molecule has 120 valence electrons. The van der Waals surface area contributed by atoms with Crippen LogP contribution in [0, 0.1) is 0 Å². The van der Waals surface area contributed by atoms with Gasteiger partial charge in [0, 0.05) is 23.7 Å². The molecule has 3 nitrogen and oxygen atoms in total. The minimum absolute atomic E-state index is 0.0285. The number of hydrogen-bond acceptors (Lipinski definition) is 2. The number of nitrogens with zero attached hydrogens (tertiary/aromatic N) is 2. The Balaban J connectivity index is 1.84. The van der Waals surface area contributed by atoms with Crippen LogP contribution in [0.5, 0.6) is 0 Å². The molecule has 1 saturated heterocycles. The van der Waals surface area contributed by atoms with Crippen LogP contribution in [0.4, 0.5) is 0 Å². The first kappa shape index (κ1) is 16.0. The number of amides is 1. The lowest BCUT2D eigenvalue weighted by Gasteiger charge is -2.24. The van der Waals surface area contributed by atoms with Crippen molar-refractivity contribution in [2.24, 2.45) is 0 Å². The van der Waals surface area contributed by atoms with E-state index in [2.05, 4.69) is 4.98 Å². The molecule has 1 aliphatic heterocycles. The maximum Gasteiger partial charge on any atom is 0.272 e. The van der Waals surface area contributed by atoms with Crippen LogP contribution in [0.25, 0.3) is 11.3 Å². The van der Waals surface area contributed by atoms with Gasteiger partial charge in [-0.2, -0.15) is 0 Å². The average Bonchev–Trinajstić information content (AvgIpc) is 2.55. The van der Waals surface area contributed by atoms with Gasteiger partial charge < -0.3 is 4.90 Å². The number of benzene rings is 1. The Morgan fingerprint density at radius 2 is 1.61 bits per heavy atom. The summed E-state index contributed by atoms with van der Waals surface area (Å²) in [7, 11) is 0. The largest absolute Gasteiger partial charge is 0.337 e. The van der Waals surface area contributed by atoms with Gasteiger partial charge in [0.1, 0.15) is 5.69 Å². The Morgan fingerprint density at radius 1 is 0.913 bits per heavy atom. The van der Waals surface area contributed by atoms with Gasteiger partial charge in [-0.25, -0.2) is 4.98 Å². The Labute approximate surface area is 142 Å². The van der Waals surface area contributed by atoms with Crippen LogP contribution >= 0.6 is 11.6 Å². The van der Waals surface area contributed by atoms with Crippen molar-refractivity contribution < 1.29 is 4.79 Å². The highest BCUT2D eigenvalue weighted by molar-refractivity contribution is 6.33. The van der Waals surface area contributed by atoms with Crippen LogP contribution in [-0.2, 0) is 0 Å². The second-order valence-electron chi connectivity index (χ2n) is 5.95. The molecule has 4 heteroatoms. The highest BCUT2D eigenvalue weighted by Gasteiger charge is 2.18. The third kappa shape index (κ3) is 3.91. The first-order valence-electron chi connectivity index (χ1n) is 8.27. The minimum atomic E-state index is 0.0285. The lowest BCUT2D eigenvalue weighted by Crippen LogP contribution is -2.34. The van der Waals surface area contributed by atoms with Crippen molar-refractivity contribution in [2.75, 3.05) is 13.1 Å². The van der Waals surface area contributed by atoms with E-state index < -0.39 is 0 Å². The molecule has 0 saturated carbocycles. The van der Waals surface area contributed by atoms with E-state index >= 15 is 0 Å². The first-order valence-corrected chi connectivity index (χ1v) is 8.65. The summed E-state index contributed by atoms with van der Waals surface area (Å²) in [6.07, 6.45) is 5.85. The number of likely N-dealkylation sites (tertiary alicyclic amines) is 1. The molecular formula is C19H21ClN2O. The molecular weight excluding hydrogens is 308 g/mol. The van der Waals surface area contributed by atoms with Crippen molar-refractivity contribution in [3.05, 3.63) is 53.2 Å². The van der Waals surface area contributed by atoms with Crippen molar-refractivity contribution >= 4 is 17.5 Å². The monoisotopic (exact) mass is 328 g/mol. The topological polar surface area (TPSA) is 33.2 Å². The molecule has 1 aromatic carbocycles. The smallest absolute Gasteiger partial charge is 0.272 e. The molecule has 1 aromatic heterocycles. The maximum absolute atomic E-state index is 12.8. The molecule has 1 amide bonds. The van der Waals surface area contributed by atoms with E-state index in [1.54, 1.807) is 6.07 Å².